The van der Waals surface area contributed by atoms with Gasteiger partial charge < -0.3 is 5.73 Å². The van der Waals surface area contributed by atoms with Gasteiger partial charge >= 0.3 is 6.03 Å². The second-order valence-corrected chi connectivity index (χ2v) is 5.42. The van der Waals surface area contributed by atoms with Crippen LogP contribution >= 0.6 is 11.6 Å². The molecule has 6 atom stereocenters. The molecule has 4 nitrogen and oxygen atoms in total. The number of carbonyl (C=O) groups excluding carboxylic acids is 1. The van der Waals surface area contributed by atoms with E-state index in [1.807, 2.05) is 6.92 Å². The van der Waals surface area contributed by atoms with Gasteiger partial charge in [-0.3, -0.25) is 0 Å². The number of carbonyl (C=O) groups is 1. The number of nitrogens with one attached hydrogen (secondary N) is 1. The van der Waals surface area contributed by atoms with Crippen LogP contribution in [0.2, 0.25) is 0 Å². The predicted molar refractivity (Wildman–Crippen MR) is 57.5 cm³/mol. The molecule has 0 aliphatic heterocycles. The minimum Gasteiger partial charge on any atom is -0.350 e. The molecule has 0 aromatic rings. The van der Waals surface area contributed by atoms with Gasteiger partial charge in [0, 0.05) is 17.0 Å². The average molecular weight is 228 g/mol. The highest BCUT2D eigenvalue weighted by molar-refractivity contribution is 6.22. The fourth-order valence-electron chi connectivity index (χ4n) is 3.86. The van der Waals surface area contributed by atoms with Gasteiger partial charge in [-0.2, -0.15) is 5.10 Å². The molecule has 0 heterocycles. The number of hydrogen-bond donors (Lipinski definition) is 2. The second kappa shape index (κ2) is 2.88. The molecule has 4 bridgehead atoms. The third-order valence-electron chi connectivity index (χ3n) is 4.31. The second-order valence-electron chi connectivity index (χ2n) is 4.92. The lowest BCUT2D eigenvalue weighted by Gasteiger charge is -2.16. The Morgan fingerprint density at radius 3 is 2.60 bits per heavy atom. The molecule has 4 fully saturated rings. The first-order chi connectivity index (χ1) is 7.11. The van der Waals surface area contributed by atoms with Crippen LogP contribution in [0.5, 0.6) is 0 Å². The molecule has 0 spiro atoms. The predicted octanol–water partition coefficient (Wildman–Crippen LogP) is 1.15. The van der Waals surface area contributed by atoms with Gasteiger partial charge in [-0.05, 0) is 37.0 Å². The molecular weight excluding hydrogens is 214 g/mol. The average Bonchev–Trinajstić information content (AvgIpc) is 2.52. The Kier molecular flexibility index (Phi) is 1.81. The van der Waals surface area contributed by atoms with E-state index in [1.165, 1.54) is 6.42 Å². The van der Waals surface area contributed by atoms with E-state index in [0.717, 1.165) is 23.5 Å². The first-order valence-corrected chi connectivity index (χ1v) is 5.78. The number of halogens is 1. The van der Waals surface area contributed by atoms with Gasteiger partial charge in [0.25, 0.3) is 0 Å². The lowest BCUT2D eigenvalue weighted by atomic mass is 9.94. The lowest BCUT2D eigenvalue weighted by Crippen LogP contribution is -2.28. The van der Waals surface area contributed by atoms with Crippen molar-refractivity contribution in [2.75, 3.05) is 0 Å². The molecule has 4 saturated carbocycles. The minimum absolute atomic E-state index is 0.337. The molecular formula is C10H14ClN3O. The van der Waals surface area contributed by atoms with Crippen molar-refractivity contribution in [2.45, 2.75) is 18.7 Å². The molecule has 4 rings (SSSR count). The number of nitrogens with zero attached hydrogens (tertiary/aromatic N) is 1. The standard InChI is InChI=1S/C10H14ClN3O/c1-3(13-14-10(12)15)6-5-2-4-7(6)8(4)9(5)11/h4-9H,2H2,1H3,(H3,12,14,15). The largest absolute Gasteiger partial charge is 0.350 e. The van der Waals surface area contributed by atoms with Gasteiger partial charge in [-0.25, -0.2) is 10.2 Å². The van der Waals surface area contributed by atoms with Crippen LogP contribution in [-0.4, -0.2) is 17.1 Å². The van der Waals surface area contributed by atoms with Crippen molar-refractivity contribution >= 4 is 23.3 Å². The van der Waals surface area contributed by atoms with Crippen molar-refractivity contribution < 1.29 is 4.79 Å². The molecule has 0 aromatic carbocycles. The number of alkyl halides is 1. The maximum atomic E-state index is 10.5. The number of hydrogen-bond acceptors (Lipinski definition) is 2. The molecule has 82 valence electrons. The van der Waals surface area contributed by atoms with E-state index in [2.05, 4.69) is 10.5 Å². The maximum absolute atomic E-state index is 10.5. The van der Waals surface area contributed by atoms with E-state index in [4.69, 9.17) is 17.3 Å². The zero-order chi connectivity index (χ0) is 10.7. The van der Waals surface area contributed by atoms with Gasteiger partial charge in [0.05, 0.1) is 0 Å². The first kappa shape index (κ1) is 9.46. The summed E-state index contributed by atoms with van der Waals surface area (Å²) in [6, 6.07) is -0.602. The number of hydrazone groups is 1. The van der Waals surface area contributed by atoms with E-state index < -0.39 is 6.03 Å². The Hall–Kier alpha value is -0.770. The van der Waals surface area contributed by atoms with Crippen LogP contribution in [0.1, 0.15) is 13.3 Å². The molecule has 4 aliphatic rings. The van der Waals surface area contributed by atoms with Crippen molar-refractivity contribution in [3.8, 4) is 0 Å². The van der Waals surface area contributed by atoms with Gasteiger partial charge in [0.2, 0.25) is 0 Å². The Balaban J connectivity index is 1.75. The molecule has 5 heteroatoms. The van der Waals surface area contributed by atoms with Crippen molar-refractivity contribution in [1.82, 2.24) is 5.43 Å². The Morgan fingerprint density at radius 2 is 2.20 bits per heavy atom. The molecule has 3 N–H and O–H groups in total. The molecule has 15 heavy (non-hydrogen) atoms. The molecule has 4 aliphatic carbocycles. The van der Waals surface area contributed by atoms with Crippen LogP contribution in [0.3, 0.4) is 0 Å². The molecule has 0 radical (unpaired) electrons. The van der Waals surface area contributed by atoms with Crippen molar-refractivity contribution in [1.29, 1.82) is 0 Å². The van der Waals surface area contributed by atoms with E-state index in [1.54, 1.807) is 0 Å². The van der Waals surface area contributed by atoms with Crippen LogP contribution in [0.25, 0.3) is 0 Å². The van der Waals surface area contributed by atoms with Gasteiger partial charge in [0.1, 0.15) is 0 Å². The summed E-state index contributed by atoms with van der Waals surface area (Å²) in [5.74, 6) is 3.34. The zero-order valence-corrected chi connectivity index (χ0v) is 9.24. The van der Waals surface area contributed by atoms with Gasteiger partial charge in [-0.1, -0.05) is 0 Å². The van der Waals surface area contributed by atoms with Crippen molar-refractivity contribution in [3.05, 3.63) is 0 Å². The number of amides is 2. The van der Waals surface area contributed by atoms with Crippen molar-refractivity contribution in [2.24, 2.45) is 40.4 Å². The number of urea groups is 1. The van der Waals surface area contributed by atoms with E-state index in [9.17, 15) is 4.79 Å². The molecule has 0 saturated heterocycles. The highest BCUT2D eigenvalue weighted by Gasteiger charge is 2.73. The van der Waals surface area contributed by atoms with Crippen LogP contribution < -0.4 is 11.2 Å². The topological polar surface area (TPSA) is 67.5 Å². The molecule has 6 unspecified atom stereocenters. The summed E-state index contributed by atoms with van der Waals surface area (Å²) in [6.45, 7) is 1.96. The zero-order valence-electron chi connectivity index (χ0n) is 8.48. The van der Waals surface area contributed by atoms with Crippen molar-refractivity contribution in [3.63, 3.8) is 0 Å². The van der Waals surface area contributed by atoms with E-state index >= 15 is 0 Å². The third-order valence-corrected chi connectivity index (χ3v) is 4.93. The normalized spacial score (nSPS) is 50.7. The SMILES string of the molecule is CC(=NNC(N)=O)C1C2CC3C(C2Cl)C31. The number of rotatable bonds is 2. The third kappa shape index (κ3) is 1.14. The summed E-state index contributed by atoms with van der Waals surface area (Å²) < 4.78 is 0. The summed E-state index contributed by atoms with van der Waals surface area (Å²) >= 11 is 6.33. The Labute approximate surface area is 93.2 Å². The quantitative estimate of drug-likeness (QED) is 0.415. The number of nitrogens with two attached hydrogens (primary N) is 1. The summed E-state index contributed by atoms with van der Waals surface area (Å²) in [4.78, 5) is 10.5. The summed E-state index contributed by atoms with van der Waals surface area (Å²) in [5.41, 5.74) is 8.26. The van der Waals surface area contributed by atoms with Crippen LogP contribution in [0.4, 0.5) is 4.79 Å². The lowest BCUT2D eigenvalue weighted by molar-refractivity contribution is 0.249. The monoisotopic (exact) mass is 227 g/mol. The van der Waals surface area contributed by atoms with Crippen LogP contribution in [0.15, 0.2) is 5.10 Å². The Morgan fingerprint density at radius 1 is 1.47 bits per heavy atom. The van der Waals surface area contributed by atoms with Gasteiger partial charge in [0.15, 0.2) is 0 Å². The molecule has 0 aromatic heterocycles. The maximum Gasteiger partial charge on any atom is 0.332 e. The minimum atomic E-state index is -0.602. The fourth-order valence-corrected chi connectivity index (χ4v) is 4.48. The van der Waals surface area contributed by atoms with E-state index in [0.29, 0.717) is 17.2 Å². The summed E-state index contributed by atoms with van der Waals surface area (Å²) in [7, 11) is 0. The fraction of sp³-hybridized carbons (Fsp3) is 0.800. The smallest absolute Gasteiger partial charge is 0.332 e. The summed E-state index contributed by atoms with van der Waals surface area (Å²) in [6.07, 6.45) is 1.25. The van der Waals surface area contributed by atoms with Crippen LogP contribution in [0, 0.1) is 29.6 Å². The first-order valence-electron chi connectivity index (χ1n) is 5.35. The van der Waals surface area contributed by atoms with Gasteiger partial charge in [-0.15, -0.1) is 11.6 Å². The molecule has 2 amide bonds. The van der Waals surface area contributed by atoms with Crippen LogP contribution in [-0.2, 0) is 0 Å². The van der Waals surface area contributed by atoms with E-state index in [-0.39, 0.29) is 0 Å². The summed E-state index contributed by atoms with van der Waals surface area (Å²) in [5, 5.41) is 4.36. The number of primary amides is 1. The highest BCUT2D eigenvalue weighted by Crippen LogP contribution is 2.74. The Bertz CT molecular complexity index is 357. The highest BCUT2D eigenvalue weighted by atomic mass is 35.5.